The molecule has 2 N–H and O–H groups in total. The molecule has 0 radical (unpaired) electrons. The molecule has 172 valence electrons. The second-order valence-corrected chi connectivity index (χ2v) is 9.42. The Kier molecular flexibility index (Phi) is 8.19. The van der Waals surface area contributed by atoms with Crippen LogP contribution in [0.5, 0.6) is 0 Å². The van der Waals surface area contributed by atoms with Crippen molar-refractivity contribution in [2.45, 2.75) is 17.7 Å². The summed E-state index contributed by atoms with van der Waals surface area (Å²) >= 11 is 5.79. The van der Waals surface area contributed by atoms with Crippen molar-refractivity contribution in [3.05, 3.63) is 58.9 Å². The van der Waals surface area contributed by atoms with Crippen molar-refractivity contribution < 1.29 is 27.1 Å². The maximum atomic E-state index is 14.2. The molecule has 2 aromatic rings. The quantitative estimate of drug-likeness (QED) is 0.562. The highest BCUT2D eigenvalue weighted by atomic mass is 35.5. The first kappa shape index (κ1) is 24.1. The molecular weight excluding hydrogens is 461 g/mol. The Balaban J connectivity index is 1.52. The smallest absolute Gasteiger partial charge is 0.251 e. The SMILES string of the molecule is O=C(CCCNC(=O)c1ccc(Cl)cc1)Nc1ccc(F)c(S(=O)(=O)N2CCOCC2)c1. The molecule has 0 bridgehead atoms. The molecule has 11 heteroatoms. The maximum absolute atomic E-state index is 14.2. The van der Waals surface area contributed by atoms with Crippen molar-refractivity contribution >= 4 is 39.1 Å². The van der Waals surface area contributed by atoms with Gasteiger partial charge in [-0.1, -0.05) is 11.6 Å². The van der Waals surface area contributed by atoms with Crippen LogP contribution in [0.4, 0.5) is 10.1 Å². The van der Waals surface area contributed by atoms with Gasteiger partial charge in [0.2, 0.25) is 15.9 Å². The number of sulfonamides is 1. The van der Waals surface area contributed by atoms with Gasteiger partial charge in [0.05, 0.1) is 13.2 Å². The second-order valence-electron chi connectivity index (χ2n) is 7.08. The number of nitrogens with zero attached hydrogens (tertiary/aromatic N) is 1. The maximum Gasteiger partial charge on any atom is 0.251 e. The highest BCUT2D eigenvalue weighted by Gasteiger charge is 2.29. The van der Waals surface area contributed by atoms with Crippen LogP contribution in [0, 0.1) is 5.82 Å². The summed E-state index contributed by atoms with van der Waals surface area (Å²) in [4.78, 5) is 23.7. The Morgan fingerprint density at radius 1 is 1.09 bits per heavy atom. The Morgan fingerprint density at radius 3 is 2.47 bits per heavy atom. The first-order valence-corrected chi connectivity index (χ1v) is 11.8. The lowest BCUT2D eigenvalue weighted by Gasteiger charge is -2.26. The number of halogens is 2. The molecule has 2 amide bonds. The summed E-state index contributed by atoms with van der Waals surface area (Å²) in [5.41, 5.74) is 0.632. The average Bonchev–Trinajstić information content (AvgIpc) is 2.79. The molecule has 0 unspecified atom stereocenters. The second kappa shape index (κ2) is 10.9. The fourth-order valence-corrected chi connectivity index (χ4v) is 4.71. The molecule has 1 aliphatic heterocycles. The van der Waals surface area contributed by atoms with Crippen LogP contribution in [0.15, 0.2) is 47.4 Å². The van der Waals surface area contributed by atoms with Crippen molar-refractivity contribution in [3.63, 3.8) is 0 Å². The van der Waals surface area contributed by atoms with Crippen LogP contribution in [-0.4, -0.2) is 57.4 Å². The van der Waals surface area contributed by atoms with Crippen LogP contribution in [-0.2, 0) is 19.6 Å². The van der Waals surface area contributed by atoms with Crippen LogP contribution < -0.4 is 10.6 Å². The van der Waals surface area contributed by atoms with Gasteiger partial charge in [0.1, 0.15) is 10.7 Å². The predicted octanol–water partition coefficient (Wildman–Crippen LogP) is 2.65. The molecule has 0 aromatic heterocycles. The third-order valence-corrected chi connectivity index (χ3v) is 6.94. The van der Waals surface area contributed by atoms with E-state index in [9.17, 15) is 22.4 Å². The number of anilines is 1. The van der Waals surface area contributed by atoms with Gasteiger partial charge >= 0.3 is 0 Å². The summed E-state index contributed by atoms with van der Waals surface area (Å²) < 4.78 is 46.0. The van der Waals surface area contributed by atoms with Gasteiger partial charge in [-0.3, -0.25) is 9.59 Å². The van der Waals surface area contributed by atoms with E-state index in [-0.39, 0.29) is 56.8 Å². The van der Waals surface area contributed by atoms with Crippen LogP contribution in [0.25, 0.3) is 0 Å². The minimum Gasteiger partial charge on any atom is -0.379 e. The normalized spacial score (nSPS) is 14.7. The highest BCUT2D eigenvalue weighted by molar-refractivity contribution is 7.89. The van der Waals surface area contributed by atoms with E-state index in [1.807, 2.05) is 0 Å². The Labute approximate surface area is 190 Å². The van der Waals surface area contributed by atoms with Crippen molar-refractivity contribution in [1.82, 2.24) is 9.62 Å². The van der Waals surface area contributed by atoms with Gasteiger partial charge in [-0.15, -0.1) is 0 Å². The number of rotatable bonds is 8. The molecule has 1 heterocycles. The summed E-state index contributed by atoms with van der Waals surface area (Å²) in [5.74, 6) is -1.55. The predicted molar refractivity (Wildman–Crippen MR) is 118 cm³/mol. The number of morpholine rings is 1. The van der Waals surface area contributed by atoms with E-state index in [1.165, 1.54) is 6.07 Å². The molecule has 0 aliphatic carbocycles. The lowest BCUT2D eigenvalue weighted by Crippen LogP contribution is -2.40. The molecule has 0 atom stereocenters. The zero-order valence-electron chi connectivity index (χ0n) is 17.1. The topological polar surface area (TPSA) is 105 Å². The monoisotopic (exact) mass is 483 g/mol. The molecular formula is C21H23ClFN3O5S. The summed E-state index contributed by atoms with van der Waals surface area (Å²) in [5, 5.41) is 5.80. The van der Waals surface area contributed by atoms with Gasteiger partial charge in [-0.2, -0.15) is 4.31 Å². The summed E-state index contributed by atoms with van der Waals surface area (Å²) in [6, 6.07) is 9.84. The van der Waals surface area contributed by atoms with Crippen LogP contribution in [0.2, 0.25) is 5.02 Å². The van der Waals surface area contributed by atoms with Gasteiger partial charge in [0.25, 0.3) is 5.91 Å². The fourth-order valence-electron chi connectivity index (χ4n) is 3.08. The summed E-state index contributed by atoms with van der Waals surface area (Å²) in [6.45, 7) is 1.03. The van der Waals surface area contributed by atoms with Gasteiger partial charge < -0.3 is 15.4 Å². The molecule has 8 nitrogen and oxygen atoms in total. The number of benzene rings is 2. The Morgan fingerprint density at radius 2 is 1.78 bits per heavy atom. The third-order valence-electron chi connectivity index (χ3n) is 4.78. The summed E-state index contributed by atoms with van der Waals surface area (Å²) in [7, 11) is -4.04. The average molecular weight is 484 g/mol. The van der Waals surface area contributed by atoms with E-state index in [0.29, 0.717) is 17.0 Å². The fraction of sp³-hybridized carbons (Fsp3) is 0.333. The zero-order valence-corrected chi connectivity index (χ0v) is 18.7. The molecule has 0 spiro atoms. The largest absolute Gasteiger partial charge is 0.379 e. The van der Waals surface area contributed by atoms with E-state index in [2.05, 4.69) is 10.6 Å². The number of amides is 2. The lowest BCUT2D eigenvalue weighted by molar-refractivity contribution is -0.116. The van der Waals surface area contributed by atoms with Crippen molar-refractivity contribution in [1.29, 1.82) is 0 Å². The van der Waals surface area contributed by atoms with Gasteiger partial charge in [0, 0.05) is 42.3 Å². The lowest BCUT2D eigenvalue weighted by atomic mass is 10.2. The molecule has 1 aliphatic rings. The zero-order chi connectivity index (χ0) is 23.1. The number of nitrogens with one attached hydrogen (secondary N) is 2. The number of hydrogen-bond acceptors (Lipinski definition) is 5. The first-order valence-electron chi connectivity index (χ1n) is 9.98. The van der Waals surface area contributed by atoms with Gasteiger partial charge in [0.15, 0.2) is 0 Å². The standard InChI is InChI=1S/C21H23ClFN3O5S/c22-16-5-3-15(4-6-16)21(28)24-9-1-2-20(27)25-17-7-8-18(23)19(14-17)32(29,30)26-10-12-31-13-11-26/h3-8,14H,1-2,9-13H2,(H,24,28)(H,25,27). The molecule has 1 fully saturated rings. The van der Waals surface area contributed by atoms with E-state index >= 15 is 0 Å². The van der Waals surface area contributed by atoms with Crippen LogP contribution in [0.1, 0.15) is 23.2 Å². The molecule has 2 aromatic carbocycles. The Hall–Kier alpha value is -2.53. The van der Waals surface area contributed by atoms with Gasteiger partial charge in [-0.25, -0.2) is 12.8 Å². The van der Waals surface area contributed by atoms with E-state index < -0.39 is 20.7 Å². The molecule has 1 saturated heterocycles. The van der Waals surface area contributed by atoms with Crippen LogP contribution in [0.3, 0.4) is 0 Å². The van der Waals surface area contributed by atoms with E-state index in [1.54, 1.807) is 24.3 Å². The van der Waals surface area contributed by atoms with Gasteiger partial charge in [-0.05, 0) is 48.9 Å². The number of ether oxygens (including phenoxy) is 1. The molecule has 32 heavy (non-hydrogen) atoms. The van der Waals surface area contributed by atoms with Crippen molar-refractivity contribution in [3.8, 4) is 0 Å². The van der Waals surface area contributed by atoms with E-state index in [4.69, 9.17) is 16.3 Å². The first-order chi connectivity index (χ1) is 15.3. The summed E-state index contributed by atoms with van der Waals surface area (Å²) in [6.07, 6.45) is 0.453. The minimum absolute atomic E-state index is 0.0871. The van der Waals surface area contributed by atoms with Crippen LogP contribution >= 0.6 is 11.6 Å². The highest BCUT2D eigenvalue weighted by Crippen LogP contribution is 2.24. The molecule has 3 rings (SSSR count). The Bertz CT molecular complexity index is 1070. The number of hydrogen-bond donors (Lipinski definition) is 2. The van der Waals surface area contributed by atoms with E-state index in [0.717, 1.165) is 16.4 Å². The van der Waals surface area contributed by atoms with Crippen molar-refractivity contribution in [2.75, 3.05) is 38.2 Å². The number of carbonyl (C=O) groups is 2. The number of carbonyl (C=O) groups excluding carboxylic acids is 2. The van der Waals surface area contributed by atoms with Crippen molar-refractivity contribution in [2.24, 2.45) is 0 Å². The molecule has 0 saturated carbocycles. The minimum atomic E-state index is -4.04. The third kappa shape index (κ3) is 6.26.